The zero-order valence-corrected chi connectivity index (χ0v) is 7.35. The zero-order chi connectivity index (χ0) is 7.48. The van der Waals surface area contributed by atoms with Gasteiger partial charge in [0.25, 0.3) is 0 Å². The topological polar surface area (TPSA) is 3.01 Å². The van der Waals surface area contributed by atoms with Crippen LogP contribution in [0.2, 0.25) is 0 Å². The van der Waals surface area contributed by atoms with Crippen LogP contribution in [0.5, 0.6) is 0 Å². The van der Waals surface area contributed by atoms with Gasteiger partial charge in [0.05, 0.1) is 0 Å². The summed E-state index contributed by atoms with van der Waals surface area (Å²) in [6.07, 6.45) is 4.54. The summed E-state index contributed by atoms with van der Waals surface area (Å²) in [5.41, 5.74) is 2.23. The van der Waals surface area contributed by atoms with E-state index in [9.17, 15) is 0 Å². The third-order valence-corrected chi connectivity index (χ3v) is 5.44. The van der Waals surface area contributed by atoms with Crippen LogP contribution in [0.15, 0.2) is 0 Å². The first kappa shape index (κ1) is 5.58. The number of fused-ring (bicyclic) bond motifs is 1. The lowest BCUT2D eigenvalue weighted by Gasteiger charge is -2.62. The van der Waals surface area contributed by atoms with Gasteiger partial charge in [0, 0.05) is 11.1 Å². The molecule has 2 aliphatic carbocycles. The van der Waals surface area contributed by atoms with Crippen molar-refractivity contribution in [3.8, 4) is 0 Å². The van der Waals surface area contributed by atoms with Gasteiger partial charge < -0.3 is 0 Å². The maximum absolute atomic E-state index is 2.80. The van der Waals surface area contributed by atoms with Crippen LogP contribution >= 0.6 is 0 Å². The van der Waals surface area contributed by atoms with Crippen molar-refractivity contribution in [2.24, 2.45) is 11.3 Å². The molecule has 4 rings (SSSR count). The lowest BCUT2D eigenvalue weighted by molar-refractivity contribution is -0.0775. The van der Waals surface area contributed by atoms with E-state index < -0.39 is 0 Å². The molecule has 5 unspecified atom stereocenters. The highest BCUT2D eigenvalue weighted by Gasteiger charge is 2.95. The highest BCUT2D eigenvalue weighted by atomic mass is 15.5. The highest BCUT2D eigenvalue weighted by molar-refractivity contribution is 5.50. The average Bonchev–Trinajstić information content (AvgIpc) is 2.30. The third kappa shape index (κ3) is 0.253. The van der Waals surface area contributed by atoms with Crippen LogP contribution in [0.25, 0.3) is 0 Å². The van der Waals surface area contributed by atoms with Crippen LogP contribution in [0.1, 0.15) is 33.1 Å². The fraction of sp³-hybridized carbons (Fsp3) is 1.00. The van der Waals surface area contributed by atoms with Gasteiger partial charge in [-0.15, -0.1) is 0 Å². The number of nitrogens with zero attached hydrogens (tertiary/aromatic N) is 1. The Morgan fingerprint density at radius 2 is 2.18 bits per heavy atom. The maximum atomic E-state index is 2.80. The Labute approximate surface area is 67.8 Å². The van der Waals surface area contributed by atoms with Gasteiger partial charge >= 0.3 is 0 Å². The van der Waals surface area contributed by atoms with Gasteiger partial charge in [-0.25, -0.2) is 0 Å². The molecule has 0 aromatic rings. The second-order valence-corrected chi connectivity index (χ2v) is 5.62. The lowest BCUT2D eigenvalue weighted by atomic mass is 9.39. The monoisotopic (exact) mass is 149 g/mol. The lowest BCUT2D eigenvalue weighted by Crippen LogP contribution is -2.66. The minimum atomic E-state index is 0.697. The summed E-state index contributed by atoms with van der Waals surface area (Å²) >= 11 is 0. The van der Waals surface area contributed by atoms with Gasteiger partial charge in [0.15, 0.2) is 0 Å². The standard InChI is InChI=1S/C10H15N/c1-8-5-7-3-4-11-9(2,6-8)10(7,8)11/h7H,3-6H2,1-2H3. The van der Waals surface area contributed by atoms with Crippen molar-refractivity contribution < 1.29 is 0 Å². The summed E-state index contributed by atoms with van der Waals surface area (Å²) in [6.45, 7) is 6.41. The summed E-state index contributed by atoms with van der Waals surface area (Å²) < 4.78 is 0. The molecule has 1 spiro atoms. The molecule has 4 fully saturated rings. The van der Waals surface area contributed by atoms with E-state index in [0.717, 1.165) is 16.9 Å². The van der Waals surface area contributed by atoms with Crippen LogP contribution in [-0.4, -0.2) is 22.5 Å². The molecule has 2 aliphatic heterocycles. The molecule has 0 bridgehead atoms. The molecule has 4 aliphatic rings. The van der Waals surface area contributed by atoms with E-state index in [2.05, 4.69) is 18.7 Å². The van der Waals surface area contributed by atoms with Gasteiger partial charge in [-0.2, -0.15) is 0 Å². The molecule has 0 aromatic carbocycles. The van der Waals surface area contributed by atoms with Crippen LogP contribution in [-0.2, 0) is 0 Å². The van der Waals surface area contributed by atoms with Crippen LogP contribution in [0.3, 0.4) is 0 Å². The molecule has 2 saturated heterocycles. The fourth-order valence-corrected chi connectivity index (χ4v) is 5.57. The van der Waals surface area contributed by atoms with Gasteiger partial charge in [-0.3, -0.25) is 4.90 Å². The Kier molecular flexibility index (Phi) is 0.519. The van der Waals surface area contributed by atoms with Crippen LogP contribution in [0, 0.1) is 11.3 Å². The van der Waals surface area contributed by atoms with Crippen molar-refractivity contribution in [1.29, 1.82) is 0 Å². The average molecular weight is 149 g/mol. The van der Waals surface area contributed by atoms with Gasteiger partial charge in [0.2, 0.25) is 0 Å². The van der Waals surface area contributed by atoms with Crippen LogP contribution in [0.4, 0.5) is 0 Å². The molecule has 11 heavy (non-hydrogen) atoms. The Morgan fingerprint density at radius 3 is 2.64 bits per heavy atom. The molecule has 1 nitrogen and oxygen atoms in total. The largest absolute Gasteiger partial charge is 0.288 e. The molecule has 0 aromatic heterocycles. The van der Waals surface area contributed by atoms with E-state index >= 15 is 0 Å². The van der Waals surface area contributed by atoms with Crippen molar-refractivity contribution in [1.82, 2.24) is 4.90 Å². The summed E-state index contributed by atoms with van der Waals surface area (Å²) in [5, 5.41) is 0. The first-order valence-corrected chi connectivity index (χ1v) is 4.93. The first-order chi connectivity index (χ1) is 5.15. The van der Waals surface area contributed by atoms with E-state index in [1.54, 1.807) is 6.42 Å². The maximum Gasteiger partial charge on any atom is 0.0480 e. The van der Waals surface area contributed by atoms with E-state index in [0.29, 0.717) is 5.54 Å². The first-order valence-electron chi connectivity index (χ1n) is 4.93. The number of rotatable bonds is 0. The predicted octanol–water partition coefficient (Wildman–Crippen LogP) is 1.63. The van der Waals surface area contributed by atoms with E-state index in [1.165, 1.54) is 19.4 Å². The summed E-state index contributed by atoms with van der Waals surface area (Å²) in [7, 11) is 0. The van der Waals surface area contributed by atoms with Crippen molar-refractivity contribution in [2.45, 2.75) is 44.2 Å². The Balaban J connectivity index is 1.93. The minimum Gasteiger partial charge on any atom is -0.288 e. The molecule has 0 N–H and O–H groups in total. The number of hydrogen-bond acceptors (Lipinski definition) is 1. The Morgan fingerprint density at radius 1 is 1.36 bits per heavy atom. The molecule has 60 valence electrons. The predicted molar refractivity (Wildman–Crippen MR) is 43.3 cm³/mol. The molecular formula is C10H15N. The van der Waals surface area contributed by atoms with E-state index in [1.807, 2.05) is 0 Å². The van der Waals surface area contributed by atoms with E-state index in [4.69, 9.17) is 0 Å². The molecule has 2 saturated carbocycles. The third-order valence-electron chi connectivity index (χ3n) is 5.44. The second kappa shape index (κ2) is 1.02. The molecule has 1 heteroatoms. The van der Waals surface area contributed by atoms with Crippen molar-refractivity contribution in [3.63, 3.8) is 0 Å². The SMILES string of the molecule is CC12CC3CCN4C(C)(C1)C342. The number of piperidine rings is 1. The molecule has 0 radical (unpaired) electrons. The summed E-state index contributed by atoms with van der Waals surface area (Å²) in [6, 6.07) is 0. The van der Waals surface area contributed by atoms with Gasteiger partial charge in [0.1, 0.15) is 0 Å². The second-order valence-electron chi connectivity index (χ2n) is 5.62. The van der Waals surface area contributed by atoms with Crippen molar-refractivity contribution in [2.75, 3.05) is 6.54 Å². The fourth-order valence-electron chi connectivity index (χ4n) is 5.57. The Hall–Kier alpha value is -0.0400. The normalized spacial score (nSPS) is 81.3. The minimum absolute atomic E-state index is 0.697. The number of hydrogen-bond donors (Lipinski definition) is 0. The van der Waals surface area contributed by atoms with Crippen molar-refractivity contribution >= 4 is 0 Å². The summed E-state index contributed by atoms with van der Waals surface area (Å²) in [5.74, 6) is 1.10. The Bertz CT molecular complexity index is 264. The smallest absolute Gasteiger partial charge is 0.0480 e. The highest BCUT2D eigenvalue weighted by Crippen LogP contribution is 2.89. The quantitative estimate of drug-likeness (QED) is 0.473. The molecule has 2 heterocycles. The van der Waals surface area contributed by atoms with Gasteiger partial charge in [-0.05, 0) is 44.1 Å². The van der Waals surface area contributed by atoms with Crippen molar-refractivity contribution in [3.05, 3.63) is 0 Å². The van der Waals surface area contributed by atoms with Crippen LogP contribution < -0.4 is 0 Å². The zero-order valence-electron chi connectivity index (χ0n) is 7.35. The van der Waals surface area contributed by atoms with Gasteiger partial charge in [-0.1, -0.05) is 6.92 Å². The van der Waals surface area contributed by atoms with E-state index in [-0.39, 0.29) is 0 Å². The molecule has 0 amide bonds. The molecular weight excluding hydrogens is 134 g/mol. The molecule has 5 atom stereocenters. The summed E-state index contributed by atoms with van der Waals surface area (Å²) in [4.78, 5) is 2.80.